The molecule has 0 heterocycles. The van der Waals surface area contributed by atoms with Crippen molar-refractivity contribution in [2.45, 2.75) is 57.3 Å². The van der Waals surface area contributed by atoms with Gasteiger partial charge in [-0.25, -0.2) is 0 Å². The van der Waals surface area contributed by atoms with Crippen molar-refractivity contribution in [1.82, 2.24) is 0 Å². The summed E-state index contributed by atoms with van der Waals surface area (Å²) < 4.78 is 0. The Morgan fingerprint density at radius 3 is 1.33 bits per heavy atom. The molecule has 14 rings (SSSR count). The van der Waals surface area contributed by atoms with Crippen LogP contribution < -0.4 is 4.90 Å². The third kappa shape index (κ3) is 9.90. The van der Waals surface area contributed by atoms with Crippen LogP contribution in [0.2, 0.25) is 0 Å². The molecule has 0 bridgehead atoms. The Morgan fingerprint density at radius 2 is 0.774 bits per heavy atom. The molecule has 0 fully saturated rings. The van der Waals surface area contributed by atoms with E-state index >= 15 is 0 Å². The number of hydrogen-bond acceptors (Lipinski definition) is 1. The first-order chi connectivity index (χ1) is 41.1. The first kappa shape index (κ1) is 52.3. The largest absolute Gasteiger partial charge is 0.310 e. The highest BCUT2D eigenvalue weighted by Gasteiger charge is 2.42. The minimum atomic E-state index is -0.266. The van der Waals surface area contributed by atoms with Crippen molar-refractivity contribution in [3.63, 3.8) is 0 Å². The molecule has 0 aliphatic heterocycles. The first-order valence-corrected chi connectivity index (χ1v) is 29.8. The van der Waals surface area contributed by atoms with E-state index in [0.717, 1.165) is 29.9 Å². The zero-order valence-electron chi connectivity index (χ0n) is 48.3. The minimum Gasteiger partial charge on any atom is -0.310 e. The molecule has 2 aliphatic rings. The van der Waals surface area contributed by atoms with Crippen LogP contribution in [0, 0.1) is 0 Å². The number of hydrogen-bond donors (Lipinski definition) is 0. The molecule has 0 unspecified atom stereocenters. The van der Waals surface area contributed by atoms with E-state index in [1.807, 2.05) is 0 Å². The van der Waals surface area contributed by atoms with Gasteiger partial charge in [-0.05, 0) is 190 Å². The lowest BCUT2D eigenvalue weighted by atomic mass is 9.79. The molecule has 0 saturated heterocycles. The van der Waals surface area contributed by atoms with Gasteiger partial charge in [0.05, 0.1) is 0 Å². The second kappa shape index (κ2) is 21.8. The van der Waals surface area contributed by atoms with E-state index in [9.17, 15) is 0 Å². The first-order valence-electron chi connectivity index (χ1n) is 29.8. The highest BCUT2D eigenvalue weighted by atomic mass is 15.1. The van der Waals surface area contributed by atoms with Gasteiger partial charge in [0.25, 0.3) is 0 Å². The van der Waals surface area contributed by atoms with Gasteiger partial charge >= 0.3 is 0 Å². The summed E-state index contributed by atoms with van der Waals surface area (Å²) in [6, 6.07) is 110. The Morgan fingerprint density at radius 1 is 0.333 bits per heavy atom. The van der Waals surface area contributed by atoms with Gasteiger partial charge in [0.2, 0.25) is 0 Å². The molecule has 0 radical (unpaired) electrons. The molecule has 12 aromatic carbocycles. The number of allylic oxidation sites excluding steroid dienone is 1. The molecule has 12 aromatic rings. The summed E-state index contributed by atoms with van der Waals surface area (Å²) in [5, 5.41) is 0. The lowest BCUT2D eigenvalue weighted by molar-refractivity contribution is 0.652. The average Bonchev–Trinajstić information content (AvgIpc) is 1.85. The lowest BCUT2D eigenvalue weighted by Crippen LogP contribution is -2.17. The molecule has 2 aliphatic carbocycles. The third-order valence-electron chi connectivity index (χ3n) is 18.1. The van der Waals surface area contributed by atoms with Gasteiger partial charge in [0.1, 0.15) is 0 Å². The number of fused-ring (bicyclic) bond motifs is 6. The summed E-state index contributed by atoms with van der Waals surface area (Å²) in [5.74, 6) is 0.186. The lowest BCUT2D eigenvalue weighted by Gasteiger charge is -2.28. The van der Waals surface area contributed by atoms with Crippen LogP contribution in [-0.4, -0.2) is 0 Å². The fourth-order valence-electron chi connectivity index (χ4n) is 13.6. The molecule has 84 heavy (non-hydrogen) atoms. The maximum absolute atomic E-state index is 2.57. The molecule has 404 valence electrons. The second-order valence-corrected chi connectivity index (χ2v) is 24.1. The Bertz CT molecular complexity index is 4230. The standard InChI is InChI=1S/C83H67N/c1-82(2)78-46-39-66(68-49-59(51-74(64-31-19-9-20-32-64)65-33-21-10-22-34-65)50-69(52-68)67(47-57-23-11-5-12-24-57)48-58-25-13-6-14-26-58)53-75(78)77-56-80-76(55-81(77)82)73-45-44-72(54-79(73)83(80,3)4)84(70-40-35-62(36-41-70)60-27-15-7-16-28-60)71-42-37-63(38-43-71)61-29-17-8-18-30-61/h5-47,49-50,52-56,74H,48,51H2,1-4H3/b67-47-. The molecule has 0 spiro atoms. The summed E-state index contributed by atoms with van der Waals surface area (Å²) in [5.41, 5.74) is 30.0. The van der Waals surface area contributed by atoms with Crippen molar-refractivity contribution in [1.29, 1.82) is 0 Å². The summed E-state index contributed by atoms with van der Waals surface area (Å²) >= 11 is 0. The van der Waals surface area contributed by atoms with Crippen LogP contribution >= 0.6 is 0 Å². The van der Waals surface area contributed by atoms with Crippen molar-refractivity contribution in [3.8, 4) is 55.6 Å². The van der Waals surface area contributed by atoms with Crippen molar-refractivity contribution in [2.75, 3.05) is 4.90 Å². The molecule has 0 atom stereocenters. The quantitative estimate of drug-likeness (QED) is 0.0981. The van der Waals surface area contributed by atoms with Crippen LogP contribution in [0.3, 0.4) is 0 Å². The fourth-order valence-corrected chi connectivity index (χ4v) is 13.6. The molecular weight excluding hydrogens is 1010 g/mol. The van der Waals surface area contributed by atoms with Crippen LogP contribution in [0.5, 0.6) is 0 Å². The summed E-state index contributed by atoms with van der Waals surface area (Å²) in [6.45, 7) is 9.71. The van der Waals surface area contributed by atoms with Crippen LogP contribution in [0.4, 0.5) is 17.1 Å². The maximum atomic E-state index is 2.57. The van der Waals surface area contributed by atoms with Crippen LogP contribution in [-0.2, 0) is 23.7 Å². The Balaban J connectivity index is 0.865. The molecule has 0 N–H and O–H groups in total. The molecule has 0 saturated carbocycles. The average molecular weight is 1080 g/mol. The number of nitrogens with zero attached hydrogens (tertiary/aromatic N) is 1. The Kier molecular flexibility index (Phi) is 13.6. The molecule has 0 aromatic heterocycles. The highest BCUT2D eigenvalue weighted by Crippen LogP contribution is 2.57. The van der Waals surface area contributed by atoms with Gasteiger partial charge in [-0.1, -0.05) is 270 Å². The van der Waals surface area contributed by atoms with E-state index < -0.39 is 0 Å². The smallest absolute Gasteiger partial charge is 0.0465 e. The van der Waals surface area contributed by atoms with Gasteiger partial charge in [0.15, 0.2) is 0 Å². The SMILES string of the molecule is CC1(C)c2ccc(-c3cc(CC(c4ccccc4)c4ccccc4)cc(/C(=C\c4ccccc4)Cc4ccccc4)c3)cc2-c2cc3c(cc21)-c1ccc(N(c2ccc(-c4ccccc4)cc2)c2ccc(-c4ccccc4)cc2)cc1C3(C)C. The number of anilines is 3. The fraction of sp³-hybridized carbons (Fsp3) is 0.108. The minimum absolute atomic E-state index is 0.186. The van der Waals surface area contributed by atoms with E-state index in [-0.39, 0.29) is 16.7 Å². The monoisotopic (exact) mass is 1080 g/mol. The van der Waals surface area contributed by atoms with Crippen LogP contribution in [0.15, 0.2) is 297 Å². The Hall–Kier alpha value is -9.82. The second-order valence-electron chi connectivity index (χ2n) is 24.1. The summed E-state index contributed by atoms with van der Waals surface area (Å²) in [4.78, 5) is 2.43. The zero-order valence-corrected chi connectivity index (χ0v) is 48.3. The van der Waals surface area contributed by atoms with E-state index in [2.05, 4.69) is 336 Å². The van der Waals surface area contributed by atoms with E-state index in [4.69, 9.17) is 0 Å². The van der Waals surface area contributed by atoms with Gasteiger partial charge in [-0.15, -0.1) is 0 Å². The summed E-state index contributed by atoms with van der Waals surface area (Å²) in [7, 11) is 0. The molecular formula is C83H67N. The van der Waals surface area contributed by atoms with Gasteiger partial charge in [0, 0.05) is 33.8 Å². The van der Waals surface area contributed by atoms with E-state index in [1.165, 1.54) is 117 Å². The van der Waals surface area contributed by atoms with Crippen LogP contribution in [0.25, 0.3) is 67.3 Å². The van der Waals surface area contributed by atoms with Gasteiger partial charge in [-0.3, -0.25) is 0 Å². The predicted molar refractivity (Wildman–Crippen MR) is 355 cm³/mol. The van der Waals surface area contributed by atoms with Crippen molar-refractivity contribution in [2.24, 2.45) is 0 Å². The van der Waals surface area contributed by atoms with Gasteiger partial charge in [-0.2, -0.15) is 0 Å². The van der Waals surface area contributed by atoms with Crippen molar-refractivity contribution < 1.29 is 0 Å². The van der Waals surface area contributed by atoms with Crippen molar-refractivity contribution in [3.05, 3.63) is 353 Å². The van der Waals surface area contributed by atoms with E-state index in [1.54, 1.807) is 0 Å². The molecule has 0 amide bonds. The topological polar surface area (TPSA) is 3.24 Å². The molecule has 1 heteroatoms. The zero-order chi connectivity index (χ0) is 56.8. The summed E-state index contributed by atoms with van der Waals surface area (Å²) in [6.07, 6.45) is 4.08. The number of rotatable bonds is 14. The van der Waals surface area contributed by atoms with Crippen LogP contribution in [0.1, 0.15) is 89.2 Å². The van der Waals surface area contributed by atoms with Crippen molar-refractivity contribution >= 4 is 28.7 Å². The predicted octanol–water partition coefficient (Wildman–Crippen LogP) is 21.9. The highest BCUT2D eigenvalue weighted by molar-refractivity contribution is 5.93. The number of benzene rings is 12. The van der Waals surface area contributed by atoms with E-state index in [0.29, 0.717) is 0 Å². The third-order valence-corrected chi connectivity index (χ3v) is 18.1. The maximum Gasteiger partial charge on any atom is 0.0465 e. The van der Waals surface area contributed by atoms with Gasteiger partial charge < -0.3 is 4.90 Å². The Labute approximate surface area is 496 Å². The normalized spacial score (nSPS) is 13.5. The molecule has 1 nitrogen and oxygen atoms in total.